The van der Waals surface area contributed by atoms with E-state index in [0.717, 1.165) is 34.8 Å². The fourth-order valence-corrected chi connectivity index (χ4v) is 5.53. The van der Waals surface area contributed by atoms with E-state index in [1.54, 1.807) is 6.07 Å². The van der Waals surface area contributed by atoms with Crippen molar-refractivity contribution in [2.45, 2.75) is 44.9 Å². The van der Waals surface area contributed by atoms with Gasteiger partial charge in [-0.15, -0.1) is 0 Å². The van der Waals surface area contributed by atoms with Crippen LogP contribution in [0.3, 0.4) is 0 Å². The Hall–Kier alpha value is -2.43. The minimum Gasteiger partial charge on any atom is -0.508 e. The topological polar surface area (TPSA) is 45.6 Å². The molecule has 0 spiro atoms. The highest BCUT2D eigenvalue weighted by atomic mass is 16.5. The number of aromatic nitrogens is 1. The minimum atomic E-state index is -0.0434. The number of aromatic hydroxyl groups is 1. The fraction of sp³-hybridized carbons (Fsp3) is 0.423. The lowest BCUT2D eigenvalue weighted by Gasteiger charge is -2.52. The summed E-state index contributed by atoms with van der Waals surface area (Å²) in [5.74, 6) is 1.87. The van der Waals surface area contributed by atoms with Gasteiger partial charge in [-0.05, 0) is 66.6 Å². The molecule has 2 bridgehead atoms. The Kier molecular flexibility index (Phi) is 5.45. The Morgan fingerprint density at radius 3 is 2.80 bits per heavy atom. The number of piperidine rings is 3. The summed E-state index contributed by atoms with van der Waals surface area (Å²) < 4.78 is 6.67. The Morgan fingerprint density at radius 2 is 2.03 bits per heavy atom. The summed E-state index contributed by atoms with van der Waals surface area (Å²) >= 11 is 0. The molecular weight excluding hydrogens is 372 g/mol. The predicted molar refractivity (Wildman–Crippen MR) is 119 cm³/mol. The van der Waals surface area contributed by atoms with Crippen molar-refractivity contribution < 1.29 is 9.84 Å². The molecule has 0 aliphatic carbocycles. The van der Waals surface area contributed by atoms with Crippen molar-refractivity contribution in [2.75, 3.05) is 13.1 Å². The summed E-state index contributed by atoms with van der Waals surface area (Å²) in [7, 11) is 0. The first-order chi connectivity index (χ1) is 14.7. The number of ether oxygens (including phenoxy) is 1. The van der Waals surface area contributed by atoms with Crippen molar-refractivity contribution in [2.24, 2.45) is 11.8 Å². The van der Waals surface area contributed by atoms with Crippen LogP contribution in [-0.4, -0.2) is 34.1 Å². The average Bonchev–Trinajstić information content (AvgIpc) is 2.80. The Labute approximate surface area is 178 Å². The maximum absolute atomic E-state index is 10.1. The number of hydrogen-bond acceptors (Lipinski definition) is 4. The van der Waals surface area contributed by atoms with Crippen molar-refractivity contribution in [3.63, 3.8) is 0 Å². The molecule has 3 saturated heterocycles. The van der Waals surface area contributed by atoms with Gasteiger partial charge in [0.2, 0.25) is 0 Å². The Balaban J connectivity index is 1.52. The molecule has 3 fully saturated rings. The van der Waals surface area contributed by atoms with E-state index in [1.807, 2.05) is 24.4 Å². The standard InChI is InChI=1S/C26H30N2O2/c1-2-19-16-28-13-11-20(19)14-25(28)26(30-17-18-6-4-3-5-7-18)22-10-12-27-24-9-8-21(29)15-23(22)24/h3-10,12,15,19-20,25-26,29H,2,11,13-14,16-17H2,1H3/t19-,20-,25+,26-/m0/s1. The van der Waals surface area contributed by atoms with Crippen LogP contribution in [0.25, 0.3) is 10.9 Å². The smallest absolute Gasteiger partial charge is 0.116 e. The van der Waals surface area contributed by atoms with E-state index in [1.165, 1.54) is 31.4 Å². The molecule has 5 atom stereocenters. The monoisotopic (exact) mass is 402 g/mol. The van der Waals surface area contributed by atoms with Gasteiger partial charge in [-0.2, -0.15) is 0 Å². The summed E-state index contributed by atoms with van der Waals surface area (Å²) in [6, 6.07) is 18.3. The van der Waals surface area contributed by atoms with Gasteiger partial charge in [0.15, 0.2) is 0 Å². The lowest BCUT2D eigenvalue weighted by molar-refractivity contribution is -0.0879. The van der Waals surface area contributed by atoms with Crippen LogP contribution in [0, 0.1) is 11.8 Å². The van der Waals surface area contributed by atoms with E-state index >= 15 is 0 Å². The number of nitrogens with zero attached hydrogens (tertiary/aromatic N) is 2. The van der Waals surface area contributed by atoms with Gasteiger partial charge in [0.05, 0.1) is 18.2 Å². The van der Waals surface area contributed by atoms with E-state index < -0.39 is 0 Å². The number of pyridine rings is 1. The first-order valence-corrected chi connectivity index (χ1v) is 11.2. The van der Waals surface area contributed by atoms with Crippen molar-refractivity contribution in [3.8, 4) is 5.75 Å². The van der Waals surface area contributed by atoms with Gasteiger partial charge in [-0.25, -0.2) is 0 Å². The molecule has 1 N–H and O–H groups in total. The maximum Gasteiger partial charge on any atom is 0.116 e. The molecule has 1 aromatic heterocycles. The number of phenols is 1. The van der Waals surface area contributed by atoms with Crippen LogP contribution in [-0.2, 0) is 11.3 Å². The first kappa shape index (κ1) is 19.5. The first-order valence-electron chi connectivity index (χ1n) is 11.2. The van der Waals surface area contributed by atoms with Crippen molar-refractivity contribution >= 4 is 10.9 Å². The number of fused-ring (bicyclic) bond motifs is 4. The molecule has 3 aliphatic rings. The second kappa shape index (κ2) is 8.37. The summed E-state index contributed by atoms with van der Waals surface area (Å²) in [5, 5.41) is 11.1. The van der Waals surface area contributed by atoms with Gasteiger partial charge in [0.1, 0.15) is 5.75 Å². The normalized spacial score (nSPS) is 26.7. The zero-order valence-electron chi connectivity index (χ0n) is 17.6. The Bertz CT molecular complexity index is 1010. The van der Waals surface area contributed by atoms with Crippen LogP contribution in [0.1, 0.15) is 43.4 Å². The van der Waals surface area contributed by atoms with Gasteiger partial charge in [0.25, 0.3) is 0 Å². The van der Waals surface area contributed by atoms with Gasteiger partial charge < -0.3 is 9.84 Å². The van der Waals surface area contributed by atoms with Gasteiger partial charge in [0, 0.05) is 24.2 Å². The highest BCUT2D eigenvalue weighted by molar-refractivity contribution is 5.83. The molecule has 0 saturated carbocycles. The minimum absolute atomic E-state index is 0.0434. The van der Waals surface area contributed by atoms with Crippen molar-refractivity contribution in [3.05, 3.63) is 71.9 Å². The molecule has 2 aromatic carbocycles. The second-order valence-electron chi connectivity index (χ2n) is 8.83. The van der Waals surface area contributed by atoms with Crippen LogP contribution in [0.15, 0.2) is 60.8 Å². The van der Waals surface area contributed by atoms with Crippen LogP contribution in [0.4, 0.5) is 0 Å². The zero-order valence-corrected chi connectivity index (χ0v) is 17.6. The largest absolute Gasteiger partial charge is 0.508 e. The third kappa shape index (κ3) is 3.70. The van der Waals surface area contributed by atoms with Crippen molar-refractivity contribution in [1.29, 1.82) is 0 Å². The average molecular weight is 403 g/mol. The molecule has 4 heteroatoms. The molecule has 3 aromatic rings. The van der Waals surface area contributed by atoms with Crippen molar-refractivity contribution in [1.82, 2.24) is 9.88 Å². The molecule has 6 rings (SSSR count). The van der Waals surface area contributed by atoms with E-state index in [-0.39, 0.29) is 11.9 Å². The number of rotatable bonds is 6. The molecule has 4 heterocycles. The van der Waals surface area contributed by atoms with E-state index in [9.17, 15) is 5.11 Å². The van der Waals surface area contributed by atoms with Crippen LogP contribution in [0.5, 0.6) is 5.75 Å². The molecule has 30 heavy (non-hydrogen) atoms. The SMILES string of the molecule is CC[C@H]1CN2CC[C@H]1C[C@@H]2[C@@H](OCc1ccccc1)c1ccnc2ccc(O)cc12. The number of phenolic OH excluding ortho intramolecular Hbond substituents is 1. The zero-order chi connectivity index (χ0) is 20.5. The summed E-state index contributed by atoms with van der Waals surface area (Å²) in [4.78, 5) is 7.17. The summed E-state index contributed by atoms with van der Waals surface area (Å²) in [5.41, 5.74) is 3.23. The molecule has 156 valence electrons. The molecule has 0 amide bonds. The van der Waals surface area contributed by atoms with Gasteiger partial charge in [-0.1, -0.05) is 43.7 Å². The fourth-order valence-electron chi connectivity index (χ4n) is 5.53. The maximum atomic E-state index is 10.1. The molecule has 0 radical (unpaired) electrons. The third-order valence-corrected chi connectivity index (χ3v) is 7.15. The summed E-state index contributed by atoms with van der Waals surface area (Å²) in [6.07, 6.45) is 5.57. The quantitative estimate of drug-likeness (QED) is 0.606. The van der Waals surface area contributed by atoms with E-state index in [4.69, 9.17) is 4.74 Å². The van der Waals surface area contributed by atoms with Gasteiger partial charge >= 0.3 is 0 Å². The highest BCUT2D eigenvalue weighted by Crippen LogP contribution is 2.44. The predicted octanol–water partition coefficient (Wildman–Crippen LogP) is 5.32. The highest BCUT2D eigenvalue weighted by Gasteiger charge is 2.43. The lowest BCUT2D eigenvalue weighted by Crippen LogP contribution is -2.55. The summed E-state index contributed by atoms with van der Waals surface area (Å²) in [6.45, 7) is 5.24. The third-order valence-electron chi connectivity index (χ3n) is 7.15. The van der Waals surface area contributed by atoms with Gasteiger partial charge in [-0.3, -0.25) is 9.88 Å². The molecule has 1 unspecified atom stereocenters. The second-order valence-corrected chi connectivity index (χ2v) is 8.83. The van der Waals surface area contributed by atoms with Crippen LogP contribution in [0.2, 0.25) is 0 Å². The van der Waals surface area contributed by atoms with Crippen LogP contribution < -0.4 is 0 Å². The van der Waals surface area contributed by atoms with E-state index in [0.29, 0.717) is 12.6 Å². The lowest BCUT2D eigenvalue weighted by atomic mass is 9.72. The van der Waals surface area contributed by atoms with Crippen LogP contribution >= 0.6 is 0 Å². The molecular formula is C26H30N2O2. The Morgan fingerprint density at radius 1 is 1.17 bits per heavy atom. The van der Waals surface area contributed by atoms with E-state index in [2.05, 4.69) is 47.1 Å². The molecule has 4 nitrogen and oxygen atoms in total. The molecule has 3 aliphatic heterocycles. The number of hydrogen-bond donors (Lipinski definition) is 1. The number of benzene rings is 2.